The van der Waals surface area contributed by atoms with E-state index < -0.39 is 23.5 Å². The van der Waals surface area contributed by atoms with Gasteiger partial charge in [-0.3, -0.25) is 19.3 Å². The highest BCUT2D eigenvalue weighted by atomic mass is 35.5. The third kappa shape index (κ3) is 8.14. The monoisotopic (exact) mass is 579 g/mol. The molecule has 11 heteroatoms. The van der Waals surface area contributed by atoms with Gasteiger partial charge in [0.05, 0.1) is 21.6 Å². The molecule has 4 N–H and O–H groups in total. The number of carbonyl (C=O) groups excluding carboxylic acids is 3. The Balaban J connectivity index is 1.77. The molecule has 1 heterocycles. The van der Waals surface area contributed by atoms with E-state index in [-0.39, 0.29) is 30.1 Å². The Labute approximate surface area is 239 Å². The van der Waals surface area contributed by atoms with Crippen LogP contribution in [0.2, 0.25) is 10.0 Å². The lowest BCUT2D eigenvalue weighted by molar-refractivity contribution is -0.142. The molecule has 2 aromatic carbocycles. The van der Waals surface area contributed by atoms with Crippen molar-refractivity contribution in [2.75, 3.05) is 26.7 Å². The molecule has 1 aliphatic rings. The largest absolute Gasteiger partial charge is 0.358 e. The Morgan fingerprint density at radius 1 is 1.05 bits per heavy atom. The van der Waals surface area contributed by atoms with Gasteiger partial charge in [0, 0.05) is 39.1 Å². The highest BCUT2D eigenvalue weighted by Gasteiger charge is 2.37. The van der Waals surface area contributed by atoms with E-state index in [0.29, 0.717) is 41.7 Å². The lowest BCUT2D eigenvalue weighted by Crippen LogP contribution is -2.63. The van der Waals surface area contributed by atoms with Gasteiger partial charge in [-0.2, -0.15) is 0 Å². The van der Waals surface area contributed by atoms with E-state index in [9.17, 15) is 18.8 Å². The predicted octanol–water partition coefficient (Wildman–Crippen LogP) is 2.79. The van der Waals surface area contributed by atoms with Crippen LogP contribution in [0.3, 0.4) is 0 Å². The SMILES string of the molecule is CNC(=O)C(Cc1ccc(Cl)c(Cl)c1)N1CCN(C(=O)C(Cc2ccc(F)cc2)NC(=O)C(C)(C)N)C(C)C1. The van der Waals surface area contributed by atoms with Crippen molar-refractivity contribution in [3.8, 4) is 0 Å². The van der Waals surface area contributed by atoms with Crippen molar-refractivity contribution < 1.29 is 18.8 Å². The molecule has 3 rings (SSSR count). The Morgan fingerprint density at radius 2 is 1.69 bits per heavy atom. The second-order valence-corrected chi connectivity index (χ2v) is 11.4. The van der Waals surface area contributed by atoms with Gasteiger partial charge in [0.15, 0.2) is 0 Å². The fourth-order valence-electron chi connectivity index (χ4n) is 4.64. The topological polar surface area (TPSA) is 108 Å². The Kier molecular flexibility index (Phi) is 10.3. The van der Waals surface area contributed by atoms with E-state index >= 15 is 0 Å². The van der Waals surface area contributed by atoms with Crippen molar-refractivity contribution in [2.45, 2.75) is 57.3 Å². The van der Waals surface area contributed by atoms with Crippen LogP contribution in [0.5, 0.6) is 0 Å². The number of halogens is 3. The zero-order chi connectivity index (χ0) is 28.9. The van der Waals surface area contributed by atoms with Crippen molar-refractivity contribution >= 4 is 40.9 Å². The van der Waals surface area contributed by atoms with E-state index in [2.05, 4.69) is 10.6 Å². The number of likely N-dealkylation sites (N-methyl/N-ethyl adjacent to an activating group) is 1. The standard InChI is InChI=1S/C28H36Cl2FN5O3/c1-17-16-35(24(25(37)33-4)15-19-7-10-21(29)22(30)13-19)11-12-36(17)26(38)23(34-27(39)28(2,3)32)14-18-5-8-20(31)9-6-18/h5-10,13,17,23-24H,11-12,14-16,32H2,1-4H3,(H,33,37)(H,34,39). The maximum Gasteiger partial charge on any atom is 0.245 e. The summed E-state index contributed by atoms with van der Waals surface area (Å²) in [6, 6.07) is 9.52. The molecule has 3 atom stereocenters. The first kappa shape index (κ1) is 30.8. The summed E-state index contributed by atoms with van der Waals surface area (Å²) in [5, 5.41) is 6.39. The van der Waals surface area contributed by atoms with Gasteiger partial charge in [-0.25, -0.2) is 4.39 Å². The highest BCUT2D eigenvalue weighted by Crippen LogP contribution is 2.25. The number of hydrogen-bond acceptors (Lipinski definition) is 5. The van der Waals surface area contributed by atoms with Gasteiger partial charge >= 0.3 is 0 Å². The number of nitrogens with one attached hydrogen (secondary N) is 2. The number of amides is 3. The molecule has 2 aromatic rings. The van der Waals surface area contributed by atoms with Gasteiger partial charge in [-0.1, -0.05) is 41.4 Å². The first-order valence-electron chi connectivity index (χ1n) is 12.8. The summed E-state index contributed by atoms with van der Waals surface area (Å²) in [5.41, 5.74) is 6.37. The van der Waals surface area contributed by atoms with E-state index in [4.69, 9.17) is 28.9 Å². The predicted molar refractivity (Wildman–Crippen MR) is 151 cm³/mol. The summed E-state index contributed by atoms with van der Waals surface area (Å²) in [7, 11) is 1.59. The quantitative estimate of drug-likeness (QED) is 0.423. The number of rotatable bonds is 9. The summed E-state index contributed by atoms with van der Waals surface area (Å²) in [6.07, 6.45) is 0.609. The van der Waals surface area contributed by atoms with E-state index in [1.807, 2.05) is 17.9 Å². The number of nitrogens with zero attached hydrogens (tertiary/aromatic N) is 2. The van der Waals surface area contributed by atoms with Crippen molar-refractivity contribution in [3.05, 3.63) is 69.5 Å². The second kappa shape index (κ2) is 13.1. The molecule has 0 spiro atoms. The van der Waals surface area contributed by atoms with Crippen LogP contribution in [-0.4, -0.2) is 77.9 Å². The third-order valence-electron chi connectivity index (χ3n) is 6.89. The van der Waals surface area contributed by atoms with Gasteiger partial charge in [0.1, 0.15) is 11.9 Å². The number of benzene rings is 2. The Bertz CT molecular complexity index is 1190. The van der Waals surface area contributed by atoms with Crippen LogP contribution in [0.4, 0.5) is 4.39 Å². The molecule has 0 bridgehead atoms. The first-order chi connectivity index (χ1) is 18.3. The average Bonchev–Trinajstić information content (AvgIpc) is 2.88. The third-order valence-corrected chi connectivity index (χ3v) is 7.63. The molecule has 3 unspecified atom stereocenters. The van der Waals surface area contributed by atoms with Gasteiger partial charge in [-0.05, 0) is 62.6 Å². The molecule has 0 radical (unpaired) electrons. The smallest absolute Gasteiger partial charge is 0.245 e. The highest BCUT2D eigenvalue weighted by molar-refractivity contribution is 6.42. The van der Waals surface area contributed by atoms with Crippen LogP contribution in [-0.2, 0) is 27.2 Å². The maximum atomic E-state index is 13.7. The van der Waals surface area contributed by atoms with Crippen molar-refractivity contribution in [3.63, 3.8) is 0 Å². The minimum Gasteiger partial charge on any atom is -0.358 e. The summed E-state index contributed by atoms with van der Waals surface area (Å²) in [5.74, 6) is -1.25. The van der Waals surface area contributed by atoms with Gasteiger partial charge < -0.3 is 21.3 Å². The zero-order valence-corrected chi connectivity index (χ0v) is 24.2. The summed E-state index contributed by atoms with van der Waals surface area (Å²) in [6.45, 7) is 6.30. The van der Waals surface area contributed by atoms with Gasteiger partial charge in [0.2, 0.25) is 17.7 Å². The number of piperazine rings is 1. The van der Waals surface area contributed by atoms with Crippen molar-refractivity contribution in [1.29, 1.82) is 0 Å². The van der Waals surface area contributed by atoms with Gasteiger partial charge in [-0.15, -0.1) is 0 Å². The molecular formula is C28H36Cl2FN5O3. The van der Waals surface area contributed by atoms with Crippen LogP contribution < -0.4 is 16.4 Å². The molecule has 212 valence electrons. The summed E-state index contributed by atoms with van der Waals surface area (Å²) >= 11 is 12.2. The molecule has 1 fully saturated rings. The second-order valence-electron chi connectivity index (χ2n) is 10.5. The molecule has 0 aliphatic carbocycles. The fraction of sp³-hybridized carbons (Fsp3) is 0.464. The number of carbonyl (C=O) groups is 3. The first-order valence-corrected chi connectivity index (χ1v) is 13.6. The van der Waals surface area contributed by atoms with E-state index in [1.165, 1.54) is 12.1 Å². The Hall–Kier alpha value is -2.72. The normalized spacial score (nSPS) is 17.8. The van der Waals surface area contributed by atoms with Crippen LogP contribution >= 0.6 is 23.2 Å². The van der Waals surface area contributed by atoms with Crippen LogP contribution in [0.1, 0.15) is 31.9 Å². The molecule has 0 saturated carbocycles. The summed E-state index contributed by atoms with van der Waals surface area (Å²) < 4.78 is 13.4. The minimum atomic E-state index is -1.18. The van der Waals surface area contributed by atoms with Crippen molar-refractivity contribution in [2.24, 2.45) is 5.73 Å². The van der Waals surface area contributed by atoms with E-state index in [1.54, 1.807) is 50.1 Å². The molecular weight excluding hydrogens is 544 g/mol. The van der Waals surface area contributed by atoms with Crippen LogP contribution in [0.25, 0.3) is 0 Å². The average molecular weight is 581 g/mol. The zero-order valence-electron chi connectivity index (χ0n) is 22.6. The maximum absolute atomic E-state index is 13.7. The Morgan fingerprint density at radius 3 is 2.26 bits per heavy atom. The molecule has 8 nitrogen and oxygen atoms in total. The van der Waals surface area contributed by atoms with Gasteiger partial charge in [0.25, 0.3) is 0 Å². The number of hydrogen-bond donors (Lipinski definition) is 3. The molecule has 1 aliphatic heterocycles. The summed E-state index contributed by atoms with van der Waals surface area (Å²) in [4.78, 5) is 43.1. The van der Waals surface area contributed by atoms with Crippen LogP contribution in [0, 0.1) is 5.82 Å². The lowest BCUT2D eigenvalue weighted by atomic mass is 9.99. The molecule has 39 heavy (non-hydrogen) atoms. The molecule has 0 aromatic heterocycles. The minimum absolute atomic E-state index is 0.139. The lowest BCUT2D eigenvalue weighted by Gasteiger charge is -2.44. The molecule has 1 saturated heterocycles. The fourth-order valence-corrected chi connectivity index (χ4v) is 4.96. The van der Waals surface area contributed by atoms with Crippen LogP contribution in [0.15, 0.2) is 42.5 Å². The molecule has 3 amide bonds. The van der Waals surface area contributed by atoms with E-state index in [0.717, 1.165) is 5.56 Å². The van der Waals surface area contributed by atoms with Crippen molar-refractivity contribution in [1.82, 2.24) is 20.4 Å². The number of nitrogens with two attached hydrogens (primary N) is 1.